The third kappa shape index (κ3) is 1.80. The number of hydrogen-bond donors (Lipinski definition) is 0. The van der Waals surface area contributed by atoms with Crippen LogP contribution < -0.4 is 0 Å². The van der Waals surface area contributed by atoms with Crippen molar-refractivity contribution in [3.63, 3.8) is 0 Å². The van der Waals surface area contributed by atoms with E-state index in [0.29, 0.717) is 0 Å². The van der Waals surface area contributed by atoms with Crippen molar-refractivity contribution in [2.24, 2.45) is 0 Å². The smallest absolute Gasteiger partial charge is 0.0961 e. The molecule has 0 bridgehead atoms. The number of aryl methyl sites for hydroxylation is 3. The summed E-state index contributed by atoms with van der Waals surface area (Å²) in [6.07, 6.45) is 1.89. The van der Waals surface area contributed by atoms with Crippen molar-refractivity contribution in [2.75, 3.05) is 0 Å². The Labute approximate surface area is 109 Å². The van der Waals surface area contributed by atoms with E-state index in [4.69, 9.17) is 0 Å². The van der Waals surface area contributed by atoms with Gasteiger partial charge in [0.25, 0.3) is 0 Å². The van der Waals surface area contributed by atoms with Crippen LogP contribution in [-0.2, 0) is 6.54 Å². The maximum Gasteiger partial charge on any atom is 0.0961 e. The average Bonchev–Trinajstić information content (AvgIpc) is 2.90. The first-order chi connectivity index (χ1) is 8.65. The molecule has 0 N–H and O–H groups in total. The largest absolute Gasteiger partial charge is 0.325 e. The van der Waals surface area contributed by atoms with Crippen molar-refractivity contribution in [1.82, 2.24) is 19.1 Å². The van der Waals surface area contributed by atoms with E-state index >= 15 is 0 Å². The Morgan fingerprint density at radius 1 is 1.17 bits per heavy atom. The summed E-state index contributed by atoms with van der Waals surface area (Å²) < 4.78 is 6.13. The van der Waals surface area contributed by atoms with Gasteiger partial charge in [0, 0.05) is 0 Å². The van der Waals surface area contributed by atoms with Crippen molar-refractivity contribution in [1.29, 1.82) is 0 Å². The highest BCUT2D eigenvalue weighted by atomic mass is 32.1. The number of benzene rings is 1. The molecule has 0 unspecified atom stereocenters. The first-order valence-electron chi connectivity index (χ1n) is 5.85. The Balaban J connectivity index is 2.08. The molecule has 0 atom stereocenters. The quantitative estimate of drug-likeness (QED) is 0.710. The first-order valence-corrected chi connectivity index (χ1v) is 6.62. The maximum absolute atomic E-state index is 4.46. The zero-order valence-electron chi connectivity index (χ0n) is 10.6. The van der Waals surface area contributed by atoms with Crippen LogP contribution >= 0.6 is 11.5 Å². The lowest BCUT2D eigenvalue weighted by Crippen LogP contribution is -1.98. The molecular formula is C13H14N4S. The van der Waals surface area contributed by atoms with Gasteiger partial charge < -0.3 is 4.57 Å². The molecule has 0 aliphatic carbocycles. The van der Waals surface area contributed by atoms with E-state index in [0.717, 1.165) is 17.8 Å². The summed E-state index contributed by atoms with van der Waals surface area (Å²) in [6, 6.07) is 4.33. The molecule has 3 aromatic rings. The second-order valence-corrected chi connectivity index (χ2v) is 5.42. The molecule has 2 heterocycles. The predicted molar refractivity (Wildman–Crippen MR) is 73.0 cm³/mol. The third-order valence-corrected chi connectivity index (χ3v) is 4.10. The molecule has 4 nitrogen and oxygen atoms in total. The van der Waals surface area contributed by atoms with Gasteiger partial charge in [0.2, 0.25) is 0 Å². The zero-order valence-corrected chi connectivity index (χ0v) is 11.5. The van der Waals surface area contributed by atoms with Crippen LogP contribution in [0.3, 0.4) is 0 Å². The molecule has 0 amide bonds. The molecule has 5 heteroatoms. The fourth-order valence-electron chi connectivity index (χ4n) is 1.99. The van der Waals surface area contributed by atoms with Crippen LogP contribution in [-0.4, -0.2) is 19.1 Å². The van der Waals surface area contributed by atoms with E-state index in [1.54, 1.807) is 0 Å². The van der Waals surface area contributed by atoms with Crippen molar-refractivity contribution in [3.8, 4) is 0 Å². The normalized spacial score (nSPS) is 11.3. The molecule has 0 fully saturated rings. The second kappa shape index (κ2) is 4.17. The van der Waals surface area contributed by atoms with E-state index in [2.05, 4.69) is 45.1 Å². The van der Waals surface area contributed by atoms with Gasteiger partial charge in [-0.3, -0.25) is 0 Å². The lowest BCUT2D eigenvalue weighted by molar-refractivity contribution is 0.827. The van der Waals surface area contributed by atoms with Gasteiger partial charge in [-0.05, 0) is 55.6 Å². The van der Waals surface area contributed by atoms with Crippen LogP contribution in [0.1, 0.15) is 21.7 Å². The van der Waals surface area contributed by atoms with E-state index in [1.807, 2.05) is 13.3 Å². The summed E-state index contributed by atoms with van der Waals surface area (Å²) in [5.41, 5.74) is 5.80. The molecule has 2 aromatic heterocycles. The summed E-state index contributed by atoms with van der Waals surface area (Å²) in [6.45, 7) is 7.03. The number of imidazole rings is 1. The predicted octanol–water partition coefficient (Wildman–Crippen LogP) is 2.86. The number of hydrogen-bond acceptors (Lipinski definition) is 4. The van der Waals surface area contributed by atoms with Crippen molar-refractivity contribution in [3.05, 3.63) is 40.2 Å². The third-order valence-electron chi connectivity index (χ3n) is 3.30. The molecular weight excluding hydrogens is 244 g/mol. The number of aromatic nitrogens is 4. The maximum atomic E-state index is 4.46. The Bertz CT molecular complexity index is 711. The van der Waals surface area contributed by atoms with Crippen LogP contribution in [0, 0.1) is 20.8 Å². The summed E-state index contributed by atoms with van der Waals surface area (Å²) >= 11 is 1.45. The number of rotatable bonds is 2. The summed E-state index contributed by atoms with van der Waals surface area (Å²) in [7, 11) is 0. The van der Waals surface area contributed by atoms with E-state index in [-0.39, 0.29) is 0 Å². The molecule has 18 heavy (non-hydrogen) atoms. The van der Waals surface area contributed by atoms with Gasteiger partial charge in [0.15, 0.2) is 0 Å². The fraction of sp³-hybridized carbons (Fsp3) is 0.308. The van der Waals surface area contributed by atoms with Crippen molar-refractivity contribution >= 4 is 22.6 Å². The van der Waals surface area contributed by atoms with Crippen LogP contribution in [0.2, 0.25) is 0 Å². The van der Waals surface area contributed by atoms with Crippen LogP contribution in [0.15, 0.2) is 18.5 Å². The SMILES string of the molecule is Cc1cc2ncn(Cc3snnc3C)c2cc1C. The van der Waals surface area contributed by atoms with Gasteiger partial charge >= 0.3 is 0 Å². The molecule has 0 aliphatic rings. The Morgan fingerprint density at radius 3 is 2.67 bits per heavy atom. The molecule has 0 spiro atoms. The second-order valence-electron chi connectivity index (χ2n) is 4.58. The molecule has 0 aliphatic heterocycles. The van der Waals surface area contributed by atoms with Crippen LogP contribution in [0.4, 0.5) is 0 Å². The minimum absolute atomic E-state index is 0.794. The van der Waals surface area contributed by atoms with Gasteiger partial charge in [0.05, 0.1) is 34.5 Å². The fourth-order valence-corrected chi connectivity index (χ4v) is 2.62. The van der Waals surface area contributed by atoms with Gasteiger partial charge in [-0.2, -0.15) is 0 Å². The molecule has 0 saturated carbocycles. The number of nitrogens with zero attached hydrogens (tertiary/aromatic N) is 4. The highest BCUT2D eigenvalue weighted by Gasteiger charge is 2.08. The Hall–Kier alpha value is -1.75. The topological polar surface area (TPSA) is 43.6 Å². The van der Waals surface area contributed by atoms with Gasteiger partial charge in [-0.25, -0.2) is 4.98 Å². The minimum Gasteiger partial charge on any atom is -0.325 e. The van der Waals surface area contributed by atoms with Crippen molar-refractivity contribution < 1.29 is 0 Å². The lowest BCUT2D eigenvalue weighted by atomic mass is 10.1. The highest BCUT2D eigenvalue weighted by molar-refractivity contribution is 7.05. The van der Waals surface area contributed by atoms with Gasteiger partial charge in [-0.15, -0.1) is 5.10 Å². The number of fused-ring (bicyclic) bond motifs is 1. The average molecular weight is 258 g/mol. The lowest BCUT2D eigenvalue weighted by Gasteiger charge is -2.04. The van der Waals surface area contributed by atoms with E-state index in [9.17, 15) is 0 Å². The summed E-state index contributed by atoms with van der Waals surface area (Å²) in [4.78, 5) is 5.65. The zero-order chi connectivity index (χ0) is 12.7. The molecule has 1 aromatic carbocycles. The van der Waals surface area contributed by atoms with Gasteiger partial charge in [0.1, 0.15) is 0 Å². The monoisotopic (exact) mass is 258 g/mol. The summed E-state index contributed by atoms with van der Waals surface area (Å²) in [5, 5.41) is 4.04. The minimum atomic E-state index is 0.794. The summed E-state index contributed by atoms with van der Waals surface area (Å²) in [5.74, 6) is 0. The first kappa shape index (κ1) is 11.3. The Kier molecular flexibility index (Phi) is 2.63. The van der Waals surface area contributed by atoms with Crippen LogP contribution in [0.25, 0.3) is 11.0 Å². The van der Waals surface area contributed by atoms with E-state index in [1.165, 1.54) is 33.1 Å². The molecule has 0 saturated heterocycles. The Morgan fingerprint density at radius 2 is 1.94 bits per heavy atom. The highest BCUT2D eigenvalue weighted by Crippen LogP contribution is 2.20. The van der Waals surface area contributed by atoms with E-state index < -0.39 is 0 Å². The van der Waals surface area contributed by atoms with Gasteiger partial charge in [-0.1, -0.05) is 4.49 Å². The van der Waals surface area contributed by atoms with Crippen LogP contribution in [0.5, 0.6) is 0 Å². The standard InChI is InChI=1S/C13H14N4S/c1-8-4-11-12(5-9(8)2)17(7-14-11)6-13-10(3)15-16-18-13/h4-5,7H,6H2,1-3H3. The molecule has 92 valence electrons. The molecule has 0 radical (unpaired) electrons. The molecule has 3 rings (SSSR count). The van der Waals surface area contributed by atoms with Crippen molar-refractivity contribution in [2.45, 2.75) is 27.3 Å².